The molecular formula is C58H115NO7P+. The van der Waals surface area contributed by atoms with Gasteiger partial charge in [0.15, 0.2) is 0 Å². The van der Waals surface area contributed by atoms with E-state index in [4.69, 9.17) is 18.5 Å². The van der Waals surface area contributed by atoms with Crippen LogP contribution < -0.4 is 0 Å². The molecule has 0 aliphatic heterocycles. The number of phosphoric ester groups is 1. The normalized spacial score (nSPS) is 13.6. The minimum absolute atomic E-state index is 0.0917. The van der Waals surface area contributed by atoms with Gasteiger partial charge in [0.05, 0.1) is 34.4 Å². The molecule has 0 aromatic carbocycles. The summed E-state index contributed by atoms with van der Waals surface area (Å²) in [5, 5.41) is 0. The summed E-state index contributed by atoms with van der Waals surface area (Å²) >= 11 is 0. The number of likely N-dealkylation sites (N-methyl/N-ethyl adjacent to an activating group) is 1. The number of quaternary nitrogens is 1. The number of hydrogen-bond acceptors (Lipinski definition) is 6. The molecule has 0 amide bonds. The number of carbonyl (C=O) groups excluding carboxylic acids is 1. The lowest BCUT2D eigenvalue weighted by Crippen LogP contribution is -2.37. The molecule has 67 heavy (non-hydrogen) atoms. The molecule has 0 rings (SSSR count). The Balaban J connectivity index is 4.02. The third-order valence-electron chi connectivity index (χ3n) is 13.0. The minimum Gasteiger partial charge on any atom is -0.457 e. The predicted octanol–water partition coefficient (Wildman–Crippen LogP) is 18.3. The summed E-state index contributed by atoms with van der Waals surface area (Å²) in [6.07, 6.45) is 62.4. The number of unbranched alkanes of at least 4 members (excludes halogenated alkanes) is 37. The molecular weight excluding hydrogens is 854 g/mol. The molecule has 0 bridgehead atoms. The van der Waals surface area contributed by atoms with Crippen molar-refractivity contribution in [3.8, 4) is 0 Å². The summed E-state index contributed by atoms with van der Waals surface area (Å²) < 4.78 is 35.3. The maximum atomic E-state index is 12.8. The zero-order valence-corrected chi connectivity index (χ0v) is 46.3. The highest BCUT2D eigenvalue weighted by Crippen LogP contribution is 2.43. The lowest BCUT2D eigenvalue weighted by atomic mass is 10.0. The summed E-state index contributed by atoms with van der Waals surface area (Å²) in [6, 6.07) is 0. The number of ether oxygens (including phenoxy) is 2. The summed E-state index contributed by atoms with van der Waals surface area (Å²) in [7, 11) is 1.68. The van der Waals surface area contributed by atoms with Gasteiger partial charge >= 0.3 is 13.8 Å². The number of rotatable bonds is 55. The smallest absolute Gasteiger partial charge is 0.457 e. The Labute approximate surface area is 417 Å². The highest BCUT2D eigenvalue weighted by Gasteiger charge is 2.26. The highest BCUT2D eigenvalue weighted by atomic mass is 31.2. The second-order valence-corrected chi connectivity index (χ2v) is 22.5. The van der Waals surface area contributed by atoms with Crippen LogP contribution in [0.3, 0.4) is 0 Å². The van der Waals surface area contributed by atoms with Crippen LogP contribution in [0.15, 0.2) is 24.3 Å². The van der Waals surface area contributed by atoms with Crippen molar-refractivity contribution in [1.29, 1.82) is 0 Å². The van der Waals surface area contributed by atoms with Gasteiger partial charge in [-0.2, -0.15) is 0 Å². The fraction of sp³-hybridized carbons (Fsp3) is 0.914. The number of carbonyl (C=O) groups is 1. The van der Waals surface area contributed by atoms with E-state index < -0.39 is 13.9 Å². The first kappa shape index (κ1) is 66.0. The Morgan fingerprint density at radius 3 is 1.21 bits per heavy atom. The first-order chi connectivity index (χ1) is 32.6. The maximum absolute atomic E-state index is 12.8. The average Bonchev–Trinajstić information content (AvgIpc) is 3.29. The van der Waals surface area contributed by atoms with Gasteiger partial charge < -0.3 is 18.9 Å². The second-order valence-electron chi connectivity index (χ2n) is 21.0. The molecule has 0 saturated carbocycles. The van der Waals surface area contributed by atoms with Gasteiger partial charge in [0.2, 0.25) is 0 Å². The van der Waals surface area contributed by atoms with Crippen molar-refractivity contribution in [1.82, 2.24) is 0 Å². The van der Waals surface area contributed by atoms with Gasteiger partial charge in [-0.15, -0.1) is 0 Å². The van der Waals surface area contributed by atoms with Crippen LogP contribution in [0.1, 0.15) is 284 Å². The van der Waals surface area contributed by atoms with Crippen molar-refractivity contribution in [2.45, 2.75) is 290 Å². The molecule has 0 saturated heterocycles. The Morgan fingerprint density at radius 1 is 0.463 bits per heavy atom. The maximum Gasteiger partial charge on any atom is 0.472 e. The largest absolute Gasteiger partial charge is 0.472 e. The molecule has 0 aliphatic rings. The van der Waals surface area contributed by atoms with Crippen LogP contribution in [-0.2, 0) is 27.9 Å². The zero-order chi connectivity index (χ0) is 49.0. The van der Waals surface area contributed by atoms with E-state index in [0.717, 1.165) is 38.5 Å². The number of esters is 1. The van der Waals surface area contributed by atoms with E-state index in [0.29, 0.717) is 24.1 Å². The predicted molar refractivity (Wildman–Crippen MR) is 289 cm³/mol. The van der Waals surface area contributed by atoms with Gasteiger partial charge in [-0.1, -0.05) is 256 Å². The molecule has 0 aliphatic carbocycles. The molecule has 0 spiro atoms. The average molecular weight is 970 g/mol. The fourth-order valence-corrected chi connectivity index (χ4v) is 9.27. The van der Waals surface area contributed by atoms with Crippen molar-refractivity contribution in [2.75, 3.05) is 54.1 Å². The van der Waals surface area contributed by atoms with E-state index in [2.05, 4.69) is 38.2 Å². The molecule has 8 nitrogen and oxygen atoms in total. The van der Waals surface area contributed by atoms with Crippen molar-refractivity contribution in [3.05, 3.63) is 24.3 Å². The molecule has 0 fully saturated rings. The van der Waals surface area contributed by atoms with Crippen molar-refractivity contribution >= 4 is 13.8 Å². The van der Waals surface area contributed by atoms with Gasteiger partial charge in [-0.25, -0.2) is 4.57 Å². The Bertz CT molecular complexity index is 1120. The van der Waals surface area contributed by atoms with Gasteiger partial charge in [0.25, 0.3) is 0 Å². The van der Waals surface area contributed by atoms with Gasteiger partial charge in [0.1, 0.15) is 19.3 Å². The molecule has 0 aromatic heterocycles. The Kier molecular flexibility index (Phi) is 50.6. The van der Waals surface area contributed by atoms with Gasteiger partial charge in [0, 0.05) is 13.0 Å². The Morgan fingerprint density at radius 2 is 0.821 bits per heavy atom. The number of phosphoric acid groups is 1. The van der Waals surface area contributed by atoms with Gasteiger partial charge in [-0.05, 0) is 44.9 Å². The fourth-order valence-electron chi connectivity index (χ4n) is 8.53. The molecule has 0 radical (unpaired) electrons. The van der Waals surface area contributed by atoms with Crippen molar-refractivity contribution in [3.63, 3.8) is 0 Å². The molecule has 0 aromatic rings. The number of hydrogen-bond donors (Lipinski definition) is 1. The molecule has 2 unspecified atom stereocenters. The molecule has 2 atom stereocenters. The van der Waals surface area contributed by atoms with Crippen LogP contribution in [0.25, 0.3) is 0 Å². The minimum atomic E-state index is -4.28. The second kappa shape index (κ2) is 51.3. The summed E-state index contributed by atoms with van der Waals surface area (Å²) in [5.41, 5.74) is 0. The Hall–Kier alpha value is -1.02. The van der Waals surface area contributed by atoms with Crippen LogP contribution in [0.4, 0.5) is 0 Å². The van der Waals surface area contributed by atoms with Gasteiger partial charge in [-0.3, -0.25) is 13.8 Å². The van der Waals surface area contributed by atoms with Crippen LogP contribution >= 0.6 is 7.82 Å². The van der Waals surface area contributed by atoms with E-state index in [-0.39, 0.29) is 25.8 Å². The summed E-state index contributed by atoms with van der Waals surface area (Å²) in [6.45, 7) is 5.68. The zero-order valence-electron chi connectivity index (χ0n) is 45.4. The monoisotopic (exact) mass is 969 g/mol. The molecule has 9 heteroatoms. The van der Waals surface area contributed by atoms with Crippen LogP contribution in [0, 0.1) is 0 Å². The standard InChI is InChI=1S/C58H114NO7P/c1-6-8-10-12-14-16-18-20-22-24-26-27-28-29-30-31-32-34-36-38-40-42-44-46-48-50-53-63-55-57(56-65-67(61,62)64-54-52-59(3,4)5)66-58(60)51-49-47-45-43-41-39-37-35-33-25-23-21-19-17-15-13-11-9-7-2/h18,20,24,26,57H,6-17,19,21-23,25,27-56H2,1-5H3/p+1/b20-18-,26-24-. The topological polar surface area (TPSA) is 91.3 Å². The summed E-state index contributed by atoms with van der Waals surface area (Å²) in [4.78, 5) is 23.1. The highest BCUT2D eigenvalue weighted by molar-refractivity contribution is 7.47. The van der Waals surface area contributed by atoms with Crippen molar-refractivity contribution in [2.24, 2.45) is 0 Å². The number of allylic oxidation sites excluding steroid dienone is 4. The molecule has 0 heterocycles. The van der Waals surface area contributed by atoms with E-state index in [1.54, 1.807) is 0 Å². The van der Waals surface area contributed by atoms with Crippen LogP contribution in [0.5, 0.6) is 0 Å². The van der Waals surface area contributed by atoms with E-state index in [9.17, 15) is 14.3 Å². The lowest BCUT2D eigenvalue weighted by Gasteiger charge is -2.24. The lowest BCUT2D eigenvalue weighted by molar-refractivity contribution is -0.870. The quantitative estimate of drug-likeness (QED) is 0.0213. The third kappa shape index (κ3) is 55.8. The van der Waals surface area contributed by atoms with Crippen molar-refractivity contribution < 1.29 is 37.3 Å². The van der Waals surface area contributed by atoms with Crippen LogP contribution in [-0.4, -0.2) is 75.6 Å². The van der Waals surface area contributed by atoms with Crippen LogP contribution in [0.2, 0.25) is 0 Å². The first-order valence-electron chi connectivity index (χ1n) is 29.1. The van der Waals surface area contributed by atoms with E-state index >= 15 is 0 Å². The van der Waals surface area contributed by atoms with E-state index in [1.165, 1.54) is 225 Å². The first-order valence-corrected chi connectivity index (χ1v) is 30.6. The van der Waals surface area contributed by atoms with E-state index in [1.807, 2.05) is 21.1 Å². The number of nitrogens with zero attached hydrogens (tertiary/aromatic N) is 1. The SMILES string of the molecule is CCCCCCC/C=C\C/C=C\CCCCCCCCCCCCCCCCOCC(COP(=O)(O)OCC[N+](C)(C)C)OC(=O)CCCCCCCCCCCCCCCCCCCCC. The third-order valence-corrected chi connectivity index (χ3v) is 14.0. The summed E-state index contributed by atoms with van der Waals surface area (Å²) in [5.74, 6) is -0.306. The molecule has 398 valence electrons. The molecule has 1 N–H and O–H groups in total.